The molecule has 2 aliphatic heterocycles. The molecular formula is C19H18N2O2. The lowest BCUT2D eigenvalue weighted by molar-refractivity contribution is 0.174. The van der Waals surface area contributed by atoms with Gasteiger partial charge in [0.15, 0.2) is 11.5 Å². The summed E-state index contributed by atoms with van der Waals surface area (Å²) >= 11 is 0. The van der Waals surface area contributed by atoms with Gasteiger partial charge in [0.25, 0.3) is 0 Å². The normalized spacial score (nSPS) is 22.1. The number of benzene rings is 2. The van der Waals surface area contributed by atoms with Gasteiger partial charge in [-0.25, -0.2) is 0 Å². The van der Waals surface area contributed by atoms with E-state index >= 15 is 0 Å². The first-order chi connectivity index (χ1) is 11.3. The van der Waals surface area contributed by atoms with E-state index in [0.29, 0.717) is 6.79 Å². The maximum Gasteiger partial charge on any atom is 0.231 e. The fourth-order valence-electron chi connectivity index (χ4n) is 2.97. The van der Waals surface area contributed by atoms with Crippen LogP contribution in [0, 0.1) is 0 Å². The Morgan fingerprint density at radius 1 is 1.04 bits per heavy atom. The Morgan fingerprint density at radius 2 is 1.83 bits per heavy atom. The monoisotopic (exact) mass is 306 g/mol. The molecule has 2 aromatic rings. The van der Waals surface area contributed by atoms with Crippen molar-refractivity contribution in [3.63, 3.8) is 0 Å². The van der Waals surface area contributed by atoms with Gasteiger partial charge >= 0.3 is 0 Å². The molecule has 4 heteroatoms. The van der Waals surface area contributed by atoms with E-state index in [-0.39, 0.29) is 12.1 Å². The van der Waals surface area contributed by atoms with Crippen LogP contribution in [0.2, 0.25) is 0 Å². The highest BCUT2D eigenvalue weighted by Crippen LogP contribution is 2.40. The molecule has 0 amide bonds. The quantitative estimate of drug-likeness (QED) is 0.816. The molecule has 2 atom stereocenters. The molecule has 0 bridgehead atoms. The van der Waals surface area contributed by atoms with Crippen molar-refractivity contribution in [1.82, 2.24) is 0 Å². The molecule has 0 aliphatic carbocycles. The summed E-state index contributed by atoms with van der Waals surface area (Å²) in [7, 11) is 0. The SMILES string of the molecule is CC1Cc2cc3c(cc2C(C=Cc2ccccc2)N=N1)OCO3. The Bertz CT molecular complexity index is 768. The molecule has 4 nitrogen and oxygen atoms in total. The van der Waals surface area contributed by atoms with Crippen molar-refractivity contribution in [2.75, 3.05) is 6.79 Å². The predicted octanol–water partition coefficient (Wildman–Crippen LogP) is 4.57. The number of ether oxygens (including phenoxy) is 2. The first-order valence-electron chi connectivity index (χ1n) is 7.85. The van der Waals surface area contributed by atoms with Crippen molar-refractivity contribution in [2.24, 2.45) is 10.2 Å². The zero-order valence-corrected chi connectivity index (χ0v) is 13.0. The third-order valence-electron chi connectivity index (χ3n) is 4.13. The molecule has 2 aliphatic rings. The van der Waals surface area contributed by atoms with Crippen LogP contribution in [0.1, 0.15) is 29.7 Å². The number of rotatable bonds is 2. The number of azo groups is 1. The molecule has 0 saturated carbocycles. The van der Waals surface area contributed by atoms with Gasteiger partial charge in [-0.15, -0.1) is 0 Å². The third kappa shape index (κ3) is 2.84. The molecule has 4 rings (SSSR count). The summed E-state index contributed by atoms with van der Waals surface area (Å²) in [4.78, 5) is 0. The average Bonchev–Trinajstić information content (AvgIpc) is 2.96. The summed E-state index contributed by atoms with van der Waals surface area (Å²) in [6.07, 6.45) is 5.05. The maximum atomic E-state index is 5.52. The summed E-state index contributed by atoms with van der Waals surface area (Å²) in [5, 5.41) is 8.96. The molecule has 116 valence electrons. The second-order valence-electron chi connectivity index (χ2n) is 5.90. The molecule has 0 spiro atoms. The largest absolute Gasteiger partial charge is 0.454 e. The Labute approximate surface area is 135 Å². The molecule has 2 heterocycles. The number of hydrogen-bond donors (Lipinski definition) is 0. The van der Waals surface area contributed by atoms with Crippen LogP contribution in [0.25, 0.3) is 6.08 Å². The summed E-state index contributed by atoms with van der Waals surface area (Å²) in [5.74, 6) is 1.62. The van der Waals surface area contributed by atoms with Crippen LogP contribution in [-0.2, 0) is 6.42 Å². The highest BCUT2D eigenvalue weighted by molar-refractivity contribution is 5.54. The fraction of sp³-hybridized carbons (Fsp3) is 0.263. The summed E-state index contributed by atoms with van der Waals surface area (Å²) in [6, 6.07) is 14.4. The maximum absolute atomic E-state index is 5.52. The summed E-state index contributed by atoms with van der Waals surface area (Å²) in [6.45, 7) is 2.38. The van der Waals surface area contributed by atoms with E-state index in [1.54, 1.807) is 0 Å². The number of nitrogens with zero attached hydrogens (tertiary/aromatic N) is 2. The minimum absolute atomic E-state index is 0.0929. The van der Waals surface area contributed by atoms with Gasteiger partial charge in [-0.05, 0) is 42.2 Å². The van der Waals surface area contributed by atoms with Crippen LogP contribution < -0.4 is 9.47 Å². The third-order valence-corrected chi connectivity index (χ3v) is 4.13. The number of fused-ring (bicyclic) bond motifs is 2. The lowest BCUT2D eigenvalue weighted by Gasteiger charge is -2.12. The van der Waals surface area contributed by atoms with E-state index in [9.17, 15) is 0 Å². The topological polar surface area (TPSA) is 43.2 Å². The fourth-order valence-corrected chi connectivity index (χ4v) is 2.97. The van der Waals surface area contributed by atoms with E-state index in [2.05, 4.69) is 53.6 Å². The molecule has 0 radical (unpaired) electrons. The van der Waals surface area contributed by atoms with Crippen LogP contribution in [0.15, 0.2) is 58.8 Å². The van der Waals surface area contributed by atoms with Crippen LogP contribution in [0.4, 0.5) is 0 Å². The highest BCUT2D eigenvalue weighted by Gasteiger charge is 2.23. The molecule has 0 aromatic heterocycles. The Hall–Kier alpha value is -2.62. The van der Waals surface area contributed by atoms with Gasteiger partial charge in [0.2, 0.25) is 6.79 Å². The predicted molar refractivity (Wildman–Crippen MR) is 88.8 cm³/mol. The first kappa shape index (κ1) is 14.0. The molecule has 0 N–H and O–H groups in total. The van der Waals surface area contributed by atoms with E-state index < -0.39 is 0 Å². The van der Waals surface area contributed by atoms with Crippen molar-refractivity contribution in [3.05, 3.63) is 65.2 Å². The van der Waals surface area contributed by atoms with Gasteiger partial charge < -0.3 is 9.47 Å². The van der Waals surface area contributed by atoms with Crippen LogP contribution >= 0.6 is 0 Å². The van der Waals surface area contributed by atoms with E-state index in [0.717, 1.165) is 29.0 Å². The summed E-state index contributed by atoms with van der Waals surface area (Å²) < 4.78 is 11.0. The standard InChI is InChI=1S/C19H18N2O2/c1-13-9-15-10-18-19(23-12-22-18)11-16(15)17(21-20-13)8-7-14-5-3-2-4-6-14/h2-8,10-11,13,17H,9,12H2,1H3. The van der Waals surface area contributed by atoms with Crippen molar-refractivity contribution in [1.29, 1.82) is 0 Å². The highest BCUT2D eigenvalue weighted by atomic mass is 16.7. The van der Waals surface area contributed by atoms with E-state index in [1.807, 2.05) is 18.2 Å². The second kappa shape index (κ2) is 5.88. The van der Waals surface area contributed by atoms with Gasteiger partial charge in [-0.1, -0.05) is 42.5 Å². The smallest absolute Gasteiger partial charge is 0.231 e. The van der Waals surface area contributed by atoms with E-state index in [4.69, 9.17) is 9.47 Å². The second-order valence-corrected chi connectivity index (χ2v) is 5.90. The van der Waals surface area contributed by atoms with Crippen molar-refractivity contribution < 1.29 is 9.47 Å². The molecule has 2 unspecified atom stereocenters. The van der Waals surface area contributed by atoms with Gasteiger partial charge in [0.1, 0.15) is 6.04 Å². The lowest BCUT2D eigenvalue weighted by atomic mass is 9.95. The molecule has 2 aromatic carbocycles. The average molecular weight is 306 g/mol. The molecule has 0 fully saturated rings. The van der Waals surface area contributed by atoms with E-state index in [1.165, 1.54) is 5.56 Å². The van der Waals surface area contributed by atoms with Gasteiger partial charge in [0, 0.05) is 0 Å². The van der Waals surface area contributed by atoms with Crippen LogP contribution in [0.3, 0.4) is 0 Å². The first-order valence-corrected chi connectivity index (χ1v) is 7.85. The van der Waals surface area contributed by atoms with Crippen molar-refractivity contribution in [2.45, 2.75) is 25.4 Å². The van der Waals surface area contributed by atoms with Gasteiger partial charge in [-0.2, -0.15) is 10.2 Å². The Morgan fingerprint density at radius 3 is 2.65 bits per heavy atom. The molecule has 23 heavy (non-hydrogen) atoms. The van der Waals surface area contributed by atoms with Crippen LogP contribution in [0.5, 0.6) is 11.5 Å². The minimum atomic E-state index is -0.0929. The minimum Gasteiger partial charge on any atom is -0.454 e. The van der Waals surface area contributed by atoms with Crippen molar-refractivity contribution >= 4 is 6.08 Å². The van der Waals surface area contributed by atoms with Crippen LogP contribution in [-0.4, -0.2) is 12.8 Å². The number of hydrogen-bond acceptors (Lipinski definition) is 4. The van der Waals surface area contributed by atoms with Gasteiger partial charge in [-0.3, -0.25) is 0 Å². The van der Waals surface area contributed by atoms with Gasteiger partial charge in [0.05, 0.1) is 6.04 Å². The summed E-state index contributed by atoms with van der Waals surface area (Å²) in [5.41, 5.74) is 3.53. The zero-order chi connectivity index (χ0) is 15.6. The Kier molecular flexibility index (Phi) is 3.58. The molecular weight excluding hydrogens is 288 g/mol. The molecule has 0 saturated heterocycles. The lowest BCUT2D eigenvalue weighted by Crippen LogP contribution is -2.02. The van der Waals surface area contributed by atoms with Crippen molar-refractivity contribution in [3.8, 4) is 11.5 Å². The Balaban J connectivity index is 1.72. The zero-order valence-electron chi connectivity index (χ0n) is 13.0.